The molecule has 27 heavy (non-hydrogen) atoms. The molecule has 0 aliphatic carbocycles. The van der Waals surface area contributed by atoms with Gasteiger partial charge < -0.3 is 9.05 Å². The van der Waals surface area contributed by atoms with Crippen molar-refractivity contribution in [2.45, 2.75) is 99.3 Å². The van der Waals surface area contributed by atoms with Crippen molar-refractivity contribution in [3.8, 4) is 0 Å². The molecule has 0 aromatic rings. The highest BCUT2D eigenvalue weighted by atomic mass is 31.2. The summed E-state index contributed by atoms with van der Waals surface area (Å²) in [5.41, 5.74) is 0. The molecular weight excluding hydrogens is 378 g/mol. The molecule has 0 bridgehead atoms. The van der Waals surface area contributed by atoms with Gasteiger partial charge in [-0.1, -0.05) is 13.0 Å². The van der Waals surface area contributed by atoms with Gasteiger partial charge in [0, 0.05) is 37.4 Å². The summed E-state index contributed by atoms with van der Waals surface area (Å²) in [5.74, 6) is 1.75. The van der Waals surface area contributed by atoms with Gasteiger partial charge in [0.05, 0.1) is 6.61 Å². The van der Waals surface area contributed by atoms with Crippen molar-refractivity contribution in [1.82, 2.24) is 9.34 Å². The zero-order valence-electron chi connectivity index (χ0n) is 19.3. The Hall–Kier alpha value is 0.240. The molecular formula is C20H44N2O3P2. The first-order valence-corrected chi connectivity index (χ1v) is 13.4. The lowest BCUT2D eigenvalue weighted by Gasteiger charge is -2.45. The summed E-state index contributed by atoms with van der Waals surface area (Å²) in [6.07, 6.45) is 4.28. The summed E-state index contributed by atoms with van der Waals surface area (Å²) in [7, 11) is -1.88. The van der Waals surface area contributed by atoms with Crippen molar-refractivity contribution in [1.29, 1.82) is 0 Å². The molecule has 0 aromatic heterocycles. The SMILES string of the molecule is CCP(=O)(/C=C/CCCOP(N(C(C)C)C(C)C)N(C(C)C)C(C)C)OC. The molecule has 0 amide bonds. The zero-order chi connectivity index (χ0) is 21.2. The maximum atomic E-state index is 12.2. The molecule has 7 heteroatoms. The normalized spacial score (nSPS) is 15.6. The fourth-order valence-electron chi connectivity index (χ4n) is 3.11. The molecule has 0 radical (unpaired) electrons. The lowest BCUT2D eigenvalue weighted by atomic mass is 10.3. The van der Waals surface area contributed by atoms with Gasteiger partial charge in [-0.2, -0.15) is 0 Å². The second kappa shape index (κ2) is 13.5. The average Bonchev–Trinajstić information content (AvgIpc) is 2.56. The minimum absolute atomic E-state index is 0.424. The number of nitrogens with zero attached hydrogens (tertiary/aromatic N) is 2. The second-order valence-corrected chi connectivity index (χ2v) is 12.4. The van der Waals surface area contributed by atoms with E-state index in [1.54, 1.807) is 5.82 Å². The lowest BCUT2D eigenvalue weighted by molar-refractivity contribution is 0.186. The van der Waals surface area contributed by atoms with E-state index in [4.69, 9.17) is 9.05 Å². The van der Waals surface area contributed by atoms with Crippen molar-refractivity contribution < 1.29 is 13.6 Å². The van der Waals surface area contributed by atoms with Gasteiger partial charge in [-0.25, -0.2) is 9.34 Å². The van der Waals surface area contributed by atoms with E-state index in [1.165, 1.54) is 7.11 Å². The smallest absolute Gasteiger partial charge is 0.224 e. The highest BCUT2D eigenvalue weighted by Crippen LogP contribution is 2.51. The molecule has 0 rings (SSSR count). The number of allylic oxidation sites excluding steroid dienone is 1. The van der Waals surface area contributed by atoms with Crippen molar-refractivity contribution in [2.24, 2.45) is 0 Å². The first-order chi connectivity index (χ1) is 12.5. The Labute approximate surface area is 170 Å². The van der Waals surface area contributed by atoms with Crippen molar-refractivity contribution in [3.05, 3.63) is 11.9 Å². The van der Waals surface area contributed by atoms with E-state index in [-0.39, 0.29) is 0 Å². The Balaban J connectivity index is 5.02. The van der Waals surface area contributed by atoms with Gasteiger partial charge in [-0.3, -0.25) is 4.57 Å². The van der Waals surface area contributed by atoms with E-state index in [0.29, 0.717) is 36.9 Å². The molecule has 1 unspecified atom stereocenters. The number of rotatable bonds is 14. The highest BCUT2D eigenvalue weighted by Gasteiger charge is 2.34. The first-order valence-electron chi connectivity index (χ1n) is 10.3. The van der Waals surface area contributed by atoms with Crippen LogP contribution in [0.3, 0.4) is 0 Å². The molecule has 5 nitrogen and oxygen atoms in total. The van der Waals surface area contributed by atoms with Crippen LogP contribution in [0.15, 0.2) is 11.9 Å². The standard InChI is InChI=1S/C20H44N2O3P2/c1-11-27(23,24-10)16-14-12-13-15-25-26(21(17(2)3)18(4)5)22(19(6)7)20(8)9/h14,16-20H,11-13,15H2,1-10H3/b16-14+. The minimum Gasteiger partial charge on any atom is -0.331 e. The van der Waals surface area contributed by atoms with Gasteiger partial charge in [0.1, 0.15) is 0 Å². The Bertz CT molecular complexity index is 424. The molecule has 0 heterocycles. The van der Waals surface area contributed by atoms with Gasteiger partial charge in [0.15, 0.2) is 8.45 Å². The van der Waals surface area contributed by atoms with Crippen LogP contribution < -0.4 is 0 Å². The monoisotopic (exact) mass is 422 g/mol. The van der Waals surface area contributed by atoms with Crippen LogP contribution in [-0.4, -0.2) is 53.4 Å². The van der Waals surface area contributed by atoms with E-state index in [2.05, 4.69) is 64.7 Å². The minimum atomic E-state index is -2.57. The Kier molecular flexibility index (Phi) is 13.6. The van der Waals surface area contributed by atoms with E-state index in [9.17, 15) is 4.57 Å². The highest BCUT2D eigenvalue weighted by molar-refractivity contribution is 7.62. The molecule has 0 aliphatic rings. The van der Waals surface area contributed by atoms with E-state index < -0.39 is 15.8 Å². The predicted octanol–water partition coefficient (Wildman–Crippen LogP) is 6.71. The van der Waals surface area contributed by atoms with Crippen LogP contribution in [0.1, 0.15) is 75.2 Å². The van der Waals surface area contributed by atoms with E-state index in [0.717, 1.165) is 12.8 Å². The van der Waals surface area contributed by atoms with Crippen LogP contribution in [0.25, 0.3) is 0 Å². The summed E-state index contributed by atoms with van der Waals surface area (Å²) in [5, 5.41) is 0. The molecule has 0 aromatic carbocycles. The summed E-state index contributed by atoms with van der Waals surface area (Å²) in [6, 6.07) is 1.70. The van der Waals surface area contributed by atoms with E-state index >= 15 is 0 Å². The summed E-state index contributed by atoms with van der Waals surface area (Å²) >= 11 is 0. The van der Waals surface area contributed by atoms with Crippen LogP contribution in [0.5, 0.6) is 0 Å². The van der Waals surface area contributed by atoms with Gasteiger partial charge in [0.2, 0.25) is 7.37 Å². The van der Waals surface area contributed by atoms with Crippen LogP contribution in [0, 0.1) is 0 Å². The van der Waals surface area contributed by atoms with E-state index in [1.807, 2.05) is 13.0 Å². The second-order valence-electron chi connectivity index (χ2n) is 7.97. The summed E-state index contributed by atoms with van der Waals surface area (Å²) in [4.78, 5) is 0. The molecule has 0 N–H and O–H groups in total. The van der Waals surface area contributed by atoms with Crippen molar-refractivity contribution in [3.63, 3.8) is 0 Å². The van der Waals surface area contributed by atoms with Crippen LogP contribution in [0.4, 0.5) is 0 Å². The third-order valence-corrected chi connectivity index (χ3v) is 9.53. The lowest BCUT2D eigenvalue weighted by Crippen LogP contribution is -2.43. The summed E-state index contributed by atoms with van der Waals surface area (Å²) in [6.45, 7) is 20.5. The third kappa shape index (κ3) is 9.52. The largest absolute Gasteiger partial charge is 0.331 e. The van der Waals surface area contributed by atoms with Crippen molar-refractivity contribution >= 4 is 15.8 Å². The topological polar surface area (TPSA) is 42.0 Å². The molecule has 162 valence electrons. The van der Waals surface area contributed by atoms with Gasteiger partial charge in [-0.15, -0.1) is 0 Å². The quantitative estimate of drug-likeness (QED) is 0.230. The molecule has 0 fully saturated rings. The van der Waals surface area contributed by atoms with Gasteiger partial charge >= 0.3 is 0 Å². The molecule has 0 saturated heterocycles. The maximum absolute atomic E-state index is 12.2. The number of unbranched alkanes of at least 4 members (excludes halogenated alkanes) is 1. The summed E-state index contributed by atoms with van der Waals surface area (Å²) < 4.78 is 28.8. The van der Waals surface area contributed by atoms with Crippen molar-refractivity contribution in [2.75, 3.05) is 19.9 Å². The van der Waals surface area contributed by atoms with Gasteiger partial charge in [0.25, 0.3) is 0 Å². The van der Waals surface area contributed by atoms with Crippen LogP contribution in [0.2, 0.25) is 0 Å². The van der Waals surface area contributed by atoms with Crippen LogP contribution in [-0.2, 0) is 13.6 Å². The first kappa shape index (κ1) is 27.2. The molecule has 0 saturated carbocycles. The Morgan fingerprint density at radius 2 is 1.37 bits per heavy atom. The zero-order valence-corrected chi connectivity index (χ0v) is 21.1. The fourth-order valence-corrected chi connectivity index (χ4v) is 6.55. The average molecular weight is 423 g/mol. The molecule has 0 spiro atoms. The predicted molar refractivity (Wildman–Crippen MR) is 121 cm³/mol. The van der Waals surface area contributed by atoms with Gasteiger partial charge in [-0.05, 0) is 74.0 Å². The number of hydrogen-bond acceptors (Lipinski definition) is 5. The number of hydrogen-bond donors (Lipinski definition) is 0. The third-order valence-electron chi connectivity index (χ3n) is 4.32. The molecule has 0 aliphatic heterocycles. The molecule has 1 atom stereocenters. The Morgan fingerprint density at radius 1 is 0.926 bits per heavy atom. The maximum Gasteiger partial charge on any atom is 0.224 e. The van der Waals surface area contributed by atoms with Crippen LogP contribution >= 0.6 is 15.8 Å². The fraction of sp³-hybridized carbons (Fsp3) is 0.900. The Morgan fingerprint density at radius 3 is 1.70 bits per heavy atom.